The number of ether oxygens (including phenoxy) is 1. The molecule has 32 heavy (non-hydrogen) atoms. The van der Waals surface area contributed by atoms with Gasteiger partial charge < -0.3 is 9.64 Å². The molecule has 0 N–H and O–H groups in total. The summed E-state index contributed by atoms with van der Waals surface area (Å²) in [6, 6.07) is 4.59. The minimum Gasteiger partial charge on any atom is -0.465 e. The van der Waals surface area contributed by atoms with Crippen LogP contribution in [-0.2, 0) is 19.6 Å². The molecule has 0 atom stereocenters. The van der Waals surface area contributed by atoms with E-state index in [0.29, 0.717) is 35.2 Å². The summed E-state index contributed by atoms with van der Waals surface area (Å²) < 4.78 is 34.5. The minimum absolute atomic E-state index is 0. The van der Waals surface area contributed by atoms with Crippen LogP contribution in [0, 0.1) is 0 Å². The number of benzene rings is 1. The monoisotopic (exact) mass is 523 g/mol. The predicted molar refractivity (Wildman–Crippen MR) is 129 cm³/mol. The van der Waals surface area contributed by atoms with Crippen molar-refractivity contribution in [2.45, 2.75) is 43.0 Å². The van der Waals surface area contributed by atoms with Gasteiger partial charge in [0.1, 0.15) is 10.7 Å². The van der Waals surface area contributed by atoms with Gasteiger partial charge in [0.05, 0.1) is 16.5 Å². The number of halogens is 3. The summed E-state index contributed by atoms with van der Waals surface area (Å²) in [5.74, 6) is -0.488. The van der Waals surface area contributed by atoms with Gasteiger partial charge in [-0.15, -0.1) is 12.4 Å². The fraction of sp³-hybridized carbons (Fsp3) is 0.524. The van der Waals surface area contributed by atoms with Crippen LogP contribution >= 0.6 is 35.6 Å². The van der Waals surface area contributed by atoms with Gasteiger partial charge in [0.2, 0.25) is 10.0 Å². The fourth-order valence-corrected chi connectivity index (χ4v) is 6.30. The first-order chi connectivity index (χ1) is 14.6. The van der Waals surface area contributed by atoms with Gasteiger partial charge in [0.25, 0.3) is 0 Å². The van der Waals surface area contributed by atoms with Crippen molar-refractivity contribution in [3.63, 3.8) is 0 Å². The molecular weight excluding hydrogens is 497 g/mol. The first-order valence-electron chi connectivity index (χ1n) is 10.2. The average Bonchev–Trinajstić information content (AvgIpc) is 3.21. The van der Waals surface area contributed by atoms with E-state index in [4.69, 9.17) is 27.9 Å². The number of carbonyl (C=O) groups excluding carboxylic acids is 1. The van der Waals surface area contributed by atoms with Gasteiger partial charge in [-0.1, -0.05) is 42.1 Å². The molecular formula is C21H28Cl3N3O4S. The number of likely N-dealkylation sites (N-methyl/N-ethyl adjacent to an activating group) is 1. The Morgan fingerprint density at radius 2 is 1.81 bits per heavy atom. The number of nitrogens with zero attached hydrogens (tertiary/aromatic N) is 3. The predicted octanol–water partition coefficient (Wildman–Crippen LogP) is 4.39. The van der Waals surface area contributed by atoms with E-state index < -0.39 is 21.5 Å². The largest absolute Gasteiger partial charge is 0.465 e. The highest BCUT2D eigenvalue weighted by Gasteiger charge is 2.52. The Bertz CT molecular complexity index is 1070. The normalized spacial score (nSPS) is 15.8. The number of esters is 1. The molecule has 2 aromatic rings. The maximum atomic E-state index is 13.9. The summed E-state index contributed by atoms with van der Waals surface area (Å²) in [4.78, 5) is 19.0. The summed E-state index contributed by atoms with van der Waals surface area (Å²) in [5, 5.41) is 1.60. The molecule has 1 heterocycles. The highest BCUT2D eigenvalue weighted by Crippen LogP contribution is 2.40. The van der Waals surface area contributed by atoms with Crippen LogP contribution in [0.1, 0.15) is 32.6 Å². The van der Waals surface area contributed by atoms with Crippen molar-refractivity contribution >= 4 is 62.4 Å². The highest BCUT2D eigenvalue weighted by atomic mass is 35.5. The lowest BCUT2D eigenvalue weighted by Gasteiger charge is -2.38. The van der Waals surface area contributed by atoms with Crippen LogP contribution in [0.15, 0.2) is 29.3 Å². The van der Waals surface area contributed by atoms with Gasteiger partial charge in [-0.2, -0.15) is 4.31 Å². The Kier molecular flexibility index (Phi) is 9.18. The van der Waals surface area contributed by atoms with E-state index in [0.717, 1.165) is 12.8 Å². The topological polar surface area (TPSA) is 79.8 Å². The molecule has 0 amide bonds. The van der Waals surface area contributed by atoms with E-state index in [9.17, 15) is 13.2 Å². The van der Waals surface area contributed by atoms with E-state index in [-0.39, 0.29) is 35.6 Å². The molecule has 11 heteroatoms. The van der Waals surface area contributed by atoms with Crippen LogP contribution in [-0.4, -0.2) is 67.9 Å². The van der Waals surface area contributed by atoms with Gasteiger partial charge >= 0.3 is 5.97 Å². The third-order valence-corrected chi connectivity index (χ3v) is 8.23. The number of pyridine rings is 1. The van der Waals surface area contributed by atoms with E-state index in [2.05, 4.69) is 4.98 Å². The van der Waals surface area contributed by atoms with E-state index in [1.165, 1.54) is 22.6 Å². The Morgan fingerprint density at radius 3 is 2.41 bits per heavy atom. The number of fused-ring (bicyclic) bond motifs is 1. The zero-order chi connectivity index (χ0) is 22.8. The number of hydrogen-bond acceptors (Lipinski definition) is 6. The second-order valence-corrected chi connectivity index (χ2v) is 10.6. The first kappa shape index (κ1) is 27.1. The molecule has 1 saturated carbocycles. The maximum Gasteiger partial charge on any atom is 0.327 e. The van der Waals surface area contributed by atoms with E-state index in [1.807, 2.05) is 19.0 Å². The summed E-state index contributed by atoms with van der Waals surface area (Å²) in [6.45, 7) is 2.54. The summed E-state index contributed by atoms with van der Waals surface area (Å²) in [5.41, 5.74) is -1.21. The summed E-state index contributed by atoms with van der Waals surface area (Å²) in [6.07, 6.45) is 3.81. The Hall–Kier alpha value is -1.16. The molecule has 1 fully saturated rings. The Morgan fingerprint density at radius 1 is 1.16 bits per heavy atom. The lowest BCUT2D eigenvalue weighted by atomic mass is 9.97. The lowest BCUT2D eigenvalue weighted by Crippen LogP contribution is -2.57. The molecule has 0 bridgehead atoms. The second-order valence-electron chi connectivity index (χ2n) is 7.94. The Labute approximate surface area is 205 Å². The molecule has 1 aromatic heterocycles. The van der Waals surface area contributed by atoms with Crippen molar-refractivity contribution in [1.29, 1.82) is 0 Å². The molecule has 0 unspecified atom stereocenters. The SMILES string of the molecule is CCOC(=O)C1(N(CCN(C)C)S(=O)(=O)c2ccc3c(Cl)cnc(Cl)c3c2)CCCC1.Cl. The maximum absolute atomic E-state index is 13.9. The lowest BCUT2D eigenvalue weighted by molar-refractivity contribution is -0.154. The summed E-state index contributed by atoms with van der Waals surface area (Å²) >= 11 is 12.4. The molecule has 178 valence electrons. The number of sulfonamides is 1. The number of rotatable bonds is 8. The van der Waals surface area contributed by atoms with Crippen LogP contribution in [0.3, 0.4) is 0 Å². The molecule has 3 rings (SSSR count). The fourth-order valence-electron chi connectivity index (χ4n) is 4.08. The van der Waals surface area contributed by atoms with Crippen molar-refractivity contribution in [1.82, 2.24) is 14.2 Å². The van der Waals surface area contributed by atoms with Gasteiger partial charge in [0, 0.05) is 30.1 Å². The van der Waals surface area contributed by atoms with E-state index in [1.54, 1.807) is 13.0 Å². The van der Waals surface area contributed by atoms with Crippen LogP contribution in [0.2, 0.25) is 10.2 Å². The molecule has 0 radical (unpaired) electrons. The van der Waals surface area contributed by atoms with Crippen molar-refractivity contribution in [2.75, 3.05) is 33.8 Å². The van der Waals surface area contributed by atoms with Crippen molar-refractivity contribution < 1.29 is 17.9 Å². The number of aromatic nitrogens is 1. The zero-order valence-electron chi connectivity index (χ0n) is 18.3. The molecule has 1 aromatic carbocycles. The van der Waals surface area contributed by atoms with Crippen LogP contribution < -0.4 is 0 Å². The number of hydrogen-bond donors (Lipinski definition) is 0. The third kappa shape index (κ3) is 5.16. The molecule has 1 aliphatic rings. The average molecular weight is 525 g/mol. The van der Waals surface area contributed by atoms with Crippen LogP contribution in [0.5, 0.6) is 0 Å². The van der Waals surface area contributed by atoms with Crippen LogP contribution in [0.25, 0.3) is 10.8 Å². The van der Waals surface area contributed by atoms with Gasteiger partial charge in [-0.05, 0) is 46.0 Å². The first-order valence-corrected chi connectivity index (χ1v) is 12.4. The van der Waals surface area contributed by atoms with Crippen molar-refractivity contribution in [2.24, 2.45) is 0 Å². The van der Waals surface area contributed by atoms with Crippen molar-refractivity contribution in [3.05, 3.63) is 34.6 Å². The molecule has 0 spiro atoms. The van der Waals surface area contributed by atoms with Crippen molar-refractivity contribution in [3.8, 4) is 0 Å². The smallest absolute Gasteiger partial charge is 0.327 e. The van der Waals surface area contributed by atoms with Gasteiger partial charge in [0.15, 0.2) is 0 Å². The number of carbonyl (C=O) groups is 1. The Balaban J connectivity index is 0.00000363. The summed E-state index contributed by atoms with van der Waals surface area (Å²) in [7, 11) is -0.325. The van der Waals surface area contributed by atoms with Gasteiger partial charge in [-0.3, -0.25) is 4.79 Å². The highest BCUT2D eigenvalue weighted by molar-refractivity contribution is 7.89. The van der Waals surface area contributed by atoms with Crippen LogP contribution in [0.4, 0.5) is 0 Å². The standard InChI is InChI=1S/C21H27Cl2N3O4S.ClH/c1-4-30-20(27)21(9-5-6-10-21)26(12-11-25(2)3)31(28,29)15-7-8-16-17(13-15)19(23)24-14-18(16)22;/h7-8,13-14H,4-6,9-12H2,1-3H3;1H. The third-order valence-electron chi connectivity index (χ3n) is 5.66. The molecule has 1 aliphatic carbocycles. The quantitative estimate of drug-likeness (QED) is 0.376. The zero-order valence-corrected chi connectivity index (χ0v) is 21.5. The second kappa shape index (κ2) is 10.8. The van der Waals surface area contributed by atoms with Gasteiger partial charge in [-0.25, -0.2) is 13.4 Å². The minimum atomic E-state index is -4.05. The molecule has 0 saturated heterocycles. The van der Waals surface area contributed by atoms with E-state index >= 15 is 0 Å². The molecule has 0 aliphatic heterocycles. The molecule has 7 nitrogen and oxygen atoms in total.